The van der Waals surface area contributed by atoms with Crippen molar-refractivity contribution in [1.82, 2.24) is 5.16 Å². The highest BCUT2D eigenvalue weighted by Crippen LogP contribution is 2.23. The van der Waals surface area contributed by atoms with Crippen LogP contribution >= 0.6 is 0 Å². The minimum absolute atomic E-state index is 0.0470. The van der Waals surface area contributed by atoms with Gasteiger partial charge in [-0.3, -0.25) is 14.3 Å². The average molecular weight is 296 g/mol. The first-order chi connectivity index (χ1) is 9.49. The Morgan fingerprint density at radius 2 is 2.15 bits per heavy atom. The lowest BCUT2D eigenvalue weighted by Gasteiger charge is -2.00. The molecule has 20 heavy (non-hydrogen) atoms. The monoisotopic (exact) mass is 296 g/mol. The molecule has 1 atom stereocenters. The molecule has 1 aromatic carbocycles. The van der Waals surface area contributed by atoms with E-state index in [0.29, 0.717) is 0 Å². The minimum Gasteiger partial charge on any atom is -0.476 e. The summed E-state index contributed by atoms with van der Waals surface area (Å²) in [5, 5.41) is 22.8. The lowest BCUT2D eigenvalue weighted by atomic mass is 10.3. The molecule has 0 aliphatic rings. The van der Waals surface area contributed by atoms with Gasteiger partial charge < -0.3 is 9.63 Å². The highest BCUT2D eigenvalue weighted by atomic mass is 32.2. The summed E-state index contributed by atoms with van der Waals surface area (Å²) in [5.41, 5.74) is -0.566. The Bertz CT molecular complexity index is 696. The number of hydrogen-bond donors (Lipinski definition) is 1. The van der Waals surface area contributed by atoms with E-state index in [-0.39, 0.29) is 27.8 Å². The Kier molecular flexibility index (Phi) is 3.89. The fraction of sp³-hybridized carbons (Fsp3) is 0.0909. The second-order valence-corrected chi connectivity index (χ2v) is 5.12. The van der Waals surface area contributed by atoms with Crippen LogP contribution in [0.3, 0.4) is 0 Å². The van der Waals surface area contributed by atoms with Crippen LogP contribution < -0.4 is 0 Å². The summed E-state index contributed by atoms with van der Waals surface area (Å²) in [5.74, 6) is -1.37. The van der Waals surface area contributed by atoms with Crippen molar-refractivity contribution >= 4 is 22.5 Å². The van der Waals surface area contributed by atoms with Crippen LogP contribution in [0.1, 0.15) is 16.2 Å². The molecule has 9 heteroatoms. The number of para-hydroxylation sites is 1. The van der Waals surface area contributed by atoms with E-state index in [1.165, 1.54) is 24.3 Å². The van der Waals surface area contributed by atoms with Gasteiger partial charge in [0.05, 0.1) is 21.5 Å². The molecule has 0 fully saturated rings. The fourth-order valence-electron chi connectivity index (χ4n) is 1.49. The molecule has 0 radical (unpaired) electrons. The summed E-state index contributed by atoms with van der Waals surface area (Å²) in [6, 6.07) is 6.76. The first kappa shape index (κ1) is 13.9. The number of carbonyl (C=O) groups is 1. The van der Waals surface area contributed by atoms with Crippen molar-refractivity contribution in [3.05, 3.63) is 51.9 Å². The van der Waals surface area contributed by atoms with Gasteiger partial charge in [-0.25, -0.2) is 4.79 Å². The number of aromatic carboxylic acids is 1. The van der Waals surface area contributed by atoms with Crippen molar-refractivity contribution in [3.63, 3.8) is 0 Å². The van der Waals surface area contributed by atoms with Crippen LogP contribution in [0.25, 0.3) is 0 Å². The summed E-state index contributed by atoms with van der Waals surface area (Å²) in [4.78, 5) is 20.9. The number of nitro benzene ring substituents is 1. The number of rotatable bonds is 5. The molecule has 0 saturated heterocycles. The maximum Gasteiger partial charge on any atom is 0.358 e. The van der Waals surface area contributed by atoms with Crippen LogP contribution in [0.2, 0.25) is 0 Å². The van der Waals surface area contributed by atoms with Crippen molar-refractivity contribution < 1.29 is 23.6 Å². The molecule has 0 saturated carbocycles. The zero-order valence-corrected chi connectivity index (χ0v) is 10.7. The third kappa shape index (κ3) is 2.88. The van der Waals surface area contributed by atoms with Crippen LogP contribution in [0.15, 0.2) is 39.8 Å². The van der Waals surface area contributed by atoms with Crippen molar-refractivity contribution in [2.75, 3.05) is 0 Å². The van der Waals surface area contributed by atoms with Crippen LogP contribution in [-0.4, -0.2) is 25.4 Å². The Hall–Kier alpha value is -2.55. The molecule has 104 valence electrons. The molecular weight excluding hydrogens is 288 g/mol. The summed E-state index contributed by atoms with van der Waals surface area (Å²) in [6.45, 7) is 0. The zero-order valence-electron chi connectivity index (χ0n) is 9.88. The summed E-state index contributed by atoms with van der Waals surface area (Å²) >= 11 is 0. The highest BCUT2D eigenvalue weighted by molar-refractivity contribution is 7.84. The number of carboxylic acids is 1. The van der Waals surface area contributed by atoms with Crippen LogP contribution in [0.4, 0.5) is 5.69 Å². The second kappa shape index (κ2) is 5.61. The van der Waals surface area contributed by atoms with Gasteiger partial charge in [0.1, 0.15) is 10.7 Å². The van der Waals surface area contributed by atoms with Crippen molar-refractivity contribution in [3.8, 4) is 0 Å². The molecule has 1 heterocycles. The average Bonchev–Trinajstić information content (AvgIpc) is 2.87. The van der Waals surface area contributed by atoms with Gasteiger partial charge in [0, 0.05) is 12.1 Å². The predicted octanol–water partition coefficient (Wildman–Crippen LogP) is 1.59. The standard InChI is InChI=1S/C11H8N2O6S/c14-11(15)8-5-7(19-12-8)6-20(18)10-4-2-1-3-9(10)13(16)17/h1-5H,6H2,(H,14,15). The lowest BCUT2D eigenvalue weighted by Crippen LogP contribution is -2.00. The maximum absolute atomic E-state index is 12.1. The lowest BCUT2D eigenvalue weighted by molar-refractivity contribution is -0.387. The molecule has 2 rings (SSSR count). The number of hydrogen-bond acceptors (Lipinski definition) is 6. The van der Waals surface area contributed by atoms with E-state index in [0.717, 1.165) is 6.07 Å². The Morgan fingerprint density at radius 3 is 2.75 bits per heavy atom. The number of benzene rings is 1. The van der Waals surface area contributed by atoms with Gasteiger partial charge in [0.15, 0.2) is 5.69 Å². The fourth-order valence-corrected chi connectivity index (χ4v) is 2.65. The van der Waals surface area contributed by atoms with Crippen LogP contribution in [0, 0.1) is 10.1 Å². The quantitative estimate of drug-likeness (QED) is 0.656. The highest BCUT2D eigenvalue weighted by Gasteiger charge is 2.20. The van der Waals surface area contributed by atoms with Gasteiger partial charge in [-0.15, -0.1) is 0 Å². The predicted molar refractivity (Wildman–Crippen MR) is 66.7 cm³/mol. The Labute approximate surface area is 114 Å². The summed E-state index contributed by atoms with van der Waals surface area (Å²) < 4.78 is 16.8. The molecule has 1 aromatic heterocycles. The van der Waals surface area contributed by atoms with Crippen LogP contribution in [-0.2, 0) is 16.6 Å². The van der Waals surface area contributed by atoms with Gasteiger partial charge in [-0.05, 0) is 6.07 Å². The molecule has 8 nitrogen and oxygen atoms in total. The second-order valence-electron chi connectivity index (χ2n) is 3.70. The van der Waals surface area contributed by atoms with E-state index >= 15 is 0 Å². The van der Waals surface area contributed by atoms with Gasteiger partial charge >= 0.3 is 5.97 Å². The van der Waals surface area contributed by atoms with E-state index in [2.05, 4.69) is 5.16 Å². The first-order valence-corrected chi connectivity index (χ1v) is 6.61. The third-order valence-electron chi connectivity index (χ3n) is 2.36. The van der Waals surface area contributed by atoms with Crippen molar-refractivity contribution in [2.45, 2.75) is 10.6 Å². The van der Waals surface area contributed by atoms with Gasteiger partial charge in [-0.1, -0.05) is 17.3 Å². The van der Waals surface area contributed by atoms with Gasteiger partial charge in [-0.2, -0.15) is 0 Å². The van der Waals surface area contributed by atoms with E-state index < -0.39 is 21.7 Å². The van der Waals surface area contributed by atoms with E-state index in [9.17, 15) is 19.1 Å². The number of nitrogens with zero attached hydrogens (tertiary/aromatic N) is 2. The van der Waals surface area contributed by atoms with E-state index in [1.807, 2.05) is 0 Å². The van der Waals surface area contributed by atoms with E-state index in [1.54, 1.807) is 0 Å². The minimum atomic E-state index is -1.73. The van der Waals surface area contributed by atoms with Crippen molar-refractivity contribution in [2.24, 2.45) is 0 Å². The summed E-state index contributed by atoms with van der Waals surface area (Å²) in [7, 11) is -1.73. The van der Waals surface area contributed by atoms with Crippen LogP contribution in [0.5, 0.6) is 0 Å². The van der Waals surface area contributed by atoms with Gasteiger partial charge in [0.2, 0.25) is 0 Å². The zero-order chi connectivity index (χ0) is 14.7. The van der Waals surface area contributed by atoms with E-state index in [4.69, 9.17) is 9.63 Å². The number of nitro groups is 1. The SMILES string of the molecule is O=C(O)c1cc(CS(=O)c2ccccc2[N+](=O)[O-])on1. The van der Waals surface area contributed by atoms with Crippen molar-refractivity contribution in [1.29, 1.82) is 0 Å². The third-order valence-corrected chi connectivity index (χ3v) is 3.74. The summed E-state index contributed by atoms with van der Waals surface area (Å²) in [6.07, 6.45) is 0. The molecule has 1 unspecified atom stereocenters. The molecule has 0 aliphatic heterocycles. The normalized spacial score (nSPS) is 12.0. The number of aromatic nitrogens is 1. The molecule has 1 N–H and O–H groups in total. The molecule has 0 bridgehead atoms. The molecular formula is C11H8N2O6S. The molecule has 2 aromatic rings. The smallest absolute Gasteiger partial charge is 0.358 e. The topological polar surface area (TPSA) is 124 Å². The number of carboxylic acid groups (broad SMARTS) is 1. The van der Waals surface area contributed by atoms with Gasteiger partial charge in [0.25, 0.3) is 5.69 Å². The largest absolute Gasteiger partial charge is 0.476 e. The molecule has 0 spiro atoms. The maximum atomic E-state index is 12.1. The molecule has 0 amide bonds. The molecule has 0 aliphatic carbocycles. The first-order valence-electron chi connectivity index (χ1n) is 5.29. The Morgan fingerprint density at radius 1 is 1.45 bits per heavy atom. The Balaban J connectivity index is 2.24.